The number of fused-ring (bicyclic) bond motifs is 2. The Kier molecular flexibility index (Phi) is 14.5. The van der Waals surface area contributed by atoms with Crippen molar-refractivity contribution in [1.82, 2.24) is 15.1 Å². The van der Waals surface area contributed by atoms with Gasteiger partial charge in [0, 0.05) is 51.7 Å². The zero-order valence-corrected chi connectivity index (χ0v) is 30.3. The number of methoxy groups -OCH3 is 1. The number of rotatable bonds is 7. The van der Waals surface area contributed by atoms with Crippen LogP contribution < -0.4 is 10.1 Å². The Hall–Kier alpha value is -3.95. The first-order chi connectivity index (χ1) is 24.5. The molecule has 9 nitrogen and oxygen atoms in total. The number of nitrogens with zero attached hydrogens (tertiary/aromatic N) is 3. The molecule has 6 rings (SSSR count). The standard InChI is InChI=1S/C37H46N4O4.C4H10O.H2/c1-44-29-18-17-28-22-30(24-32(39-33(28)23-29)27-14-8-6-9-15-27)45-31-25-35-36(42)38-19-11-5-3-2-4-10-16-34(37(43)41(35)26-31)40-20-12-7-13-21-40;1-3-5-4-2;/h5-6,8-9,11,14-15,17-18,23-24,31,34-35H,2-4,7,10,12-13,16,19-22,25-26H2,1H3,(H,38,42);3-4H2,1-2H3;1H/b11-5-;;/t31-,34+,35+;;/m1../s1. The second kappa shape index (κ2) is 19.4. The molecule has 3 atom stereocenters. The highest BCUT2D eigenvalue weighted by Crippen LogP contribution is 2.33. The van der Waals surface area contributed by atoms with Gasteiger partial charge in [-0.2, -0.15) is 0 Å². The lowest BCUT2D eigenvalue weighted by Gasteiger charge is -2.37. The van der Waals surface area contributed by atoms with Gasteiger partial charge in [0.15, 0.2) is 0 Å². The normalized spacial score (nSPS) is 24.1. The fourth-order valence-corrected chi connectivity index (χ4v) is 7.24. The second-order valence-electron chi connectivity index (χ2n) is 13.4. The topological polar surface area (TPSA) is 92.7 Å². The van der Waals surface area contributed by atoms with Gasteiger partial charge in [-0.05, 0) is 70.7 Å². The van der Waals surface area contributed by atoms with Gasteiger partial charge < -0.3 is 24.4 Å². The maximum absolute atomic E-state index is 14.4. The van der Waals surface area contributed by atoms with Crippen LogP contribution in [-0.2, 0) is 25.5 Å². The molecule has 0 saturated carbocycles. The molecule has 2 amide bonds. The predicted octanol–water partition coefficient (Wildman–Crippen LogP) is 7.02. The zero-order valence-electron chi connectivity index (χ0n) is 30.3. The van der Waals surface area contributed by atoms with Crippen LogP contribution in [-0.4, -0.2) is 92.0 Å². The molecule has 4 heterocycles. The third-order valence-corrected chi connectivity index (χ3v) is 9.87. The fourth-order valence-electron chi connectivity index (χ4n) is 7.24. The number of allylic oxidation sites excluding steroid dienone is 3. The highest BCUT2D eigenvalue weighted by Gasteiger charge is 2.44. The molecule has 2 aromatic carbocycles. The number of hydrogen-bond acceptors (Lipinski definition) is 7. The minimum absolute atomic E-state index is 0. The summed E-state index contributed by atoms with van der Waals surface area (Å²) < 4.78 is 17.1. The lowest BCUT2D eigenvalue weighted by molar-refractivity contribution is -0.143. The molecule has 9 heteroatoms. The number of carbonyl (C=O) groups is 2. The average Bonchev–Trinajstić information content (AvgIpc) is 3.48. The van der Waals surface area contributed by atoms with Crippen LogP contribution >= 0.6 is 0 Å². The first-order valence-corrected chi connectivity index (χ1v) is 18.7. The molecule has 0 radical (unpaired) electrons. The summed E-state index contributed by atoms with van der Waals surface area (Å²) in [5.74, 6) is 1.50. The first-order valence-electron chi connectivity index (χ1n) is 18.7. The predicted molar refractivity (Wildman–Crippen MR) is 201 cm³/mol. The molecule has 0 aromatic heterocycles. The molecule has 4 aliphatic heterocycles. The molecule has 272 valence electrons. The molecule has 4 aliphatic rings. The van der Waals surface area contributed by atoms with Crippen molar-refractivity contribution in [3.05, 3.63) is 83.6 Å². The zero-order chi connectivity index (χ0) is 35.1. The molecule has 2 aromatic rings. The number of aliphatic imine (C=N–C) groups is 1. The van der Waals surface area contributed by atoms with Crippen LogP contribution in [0.2, 0.25) is 0 Å². The Morgan fingerprint density at radius 2 is 1.70 bits per heavy atom. The smallest absolute Gasteiger partial charge is 0.243 e. The number of amides is 2. The maximum atomic E-state index is 14.4. The van der Waals surface area contributed by atoms with Crippen LogP contribution in [0.4, 0.5) is 5.69 Å². The number of likely N-dealkylation sites (tertiary alicyclic amines) is 1. The molecule has 1 N–H and O–H groups in total. The molecule has 0 bridgehead atoms. The largest absolute Gasteiger partial charge is 0.497 e. The van der Waals surface area contributed by atoms with Gasteiger partial charge >= 0.3 is 0 Å². The summed E-state index contributed by atoms with van der Waals surface area (Å²) in [5, 5.41) is 3.08. The average molecular weight is 687 g/mol. The van der Waals surface area contributed by atoms with Gasteiger partial charge in [-0.25, -0.2) is 4.99 Å². The van der Waals surface area contributed by atoms with Crippen LogP contribution in [0.15, 0.2) is 77.5 Å². The minimum Gasteiger partial charge on any atom is -0.497 e. The number of benzene rings is 2. The number of carbonyl (C=O) groups excluding carboxylic acids is 2. The van der Waals surface area contributed by atoms with Gasteiger partial charge in [0.25, 0.3) is 0 Å². The molecule has 2 saturated heterocycles. The summed E-state index contributed by atoms with van der Waals surface area (Å²) in [6.45, 7) is 8.42. The van der Waals surface area contributed by atoms with E-state index in [2.05, 4.69) is 16.3 Å². The lowest BCUT2D eigenvalue weighted by atomic mass is 10.0. The highest BCUT2D eigenvalue weighted by atomic mass is 16.5. The first kappa shape index (κ1) is 37.3. The van der Waals surface area contributed by atoms with Crippen LogP contribution in [0.3, 0.4) is 0 Å². The van der Waals surface area contributed by atoms with Crippen molar-refractivity contribution in [3.8, 4) is 5.75 Å². The Morgan fingerprint density at radius 3 is 2.44 bits per heavy atom. The second-order valence-corrected chi connectivity index (χ2v) is 13.4. The number of nitrogens with one attached hydrogen (secondary N) is 1. The number of ether oxygens (including phenoxy) is 3. The van der Waals surface area contributed by atoms with Crippen molar-refractivity contribution in [3.63, 3.8) is 0 Å². The summed E-state index contributed by atoms with van der Waals surface area (Å²) in [6, 6.07) is 15.3. The Bertz CT molecular complexity index is 1490. The molecule has 2 fully saturated rings. The SMILES string of the molecule is CCOCC.COc1ccc2c(c1)N=C(c1ccccc1)C=C(O[C@@H]1C[C@H]3C(=O)NC/C=C\CCCCC[C@H](N4CCCCC4)C(=O)N3C1)C2.[HH]. The van der Waals surface area contributed by atoms with Crippen molar-refractivity contribution in [2.75, 3.05) is 46.5 Å². The Labute approximate surface area is 300 Å². The van der Waals surface area contributed by atoms with Gasteiger partial charge in [0.2, 0.25) is 11.8 Å². The summed E-state index contributed by atoms with van der Waals surface area (Å²) in [7, 11) is 1.66. The van der Waals surface area contributed by atoms with E-state index in [0.717, 1.165) is 105 Å². The van der Waals surface area contributed by atoms with Crippen molar-refractivity contribution in [2.45, 2.75) is 96.2 Å². The van der Waals surface area contributed by atoms with Crippen LogP contribution in [0.5, 0.6) is 5.75 Å². The van der Waals surface area contributed by atoms with E-state index in [1.807, 2.05) is 79.4 Å². The van der Waals surface area contributed by atoms with Crippen molar-refractivity contribution >= 4 is 23.2 Å². The van der Waals surface area contributed by atoms with E-state index >= 15 is 0 Å². The van der Waals surface area contributed by atoms with E-state index in [0.29, 0.717) is 25.9 Å². The van der Waals surface area contributed by atoms with E-state index in [9.17, 15) is 9.59 Å². The van der Waals surface area contributed by atoms with Crippen LogP contribution in [0, 0.1) is 0 Å². The molecular formula is C41H58N4O5. The summed E-state index contributed by atoms with van der Waals surface area (Å²) >= 11 is 0. The molecule has 0 aliphatic carbocycles. The van der Waals surface area contributed by atoms with Crippen LogP contribution in [0.1, 0.15) is 84.2 Å². The summed E-state index contributed by atoms with van der Waals surface area (Å²) in [5.41, 5.74) is 3.68. The monoisotopic (exact) mass is 686 g/mol. The third kappa shape index (κ3) is 10.3. The Balaban J connectivity index is 0.000000909. The van der Waals surface area contributed by atoms with E-state index < -0.39 is 6.04 Å². The van der Waals surface area contributed by atoms with Crippen molar-refractivity contribution < 1.29 is 25.2 Å². The van der Waals surface area contributed by atoms with Crippen LogP contribution in [0.25, 0.3) is 0 Å². The molecule has 0 spiro atoms. The van der Waals surface area contributed by atoms with Gasteiger partial charge in [-0.1, -0.05) is 67.8 Å². The highest BCUT2D eigenvalue weighted by molar-refractivity contribution is 6.10. The quantitative estimate of drug-likeness (QED) is 0.315. The van der Waals surface area contributed by atoms with Crippen molar-refractivity contribution in [1.29, 1.82) is 0 Å². The van der Waals surface area contributed by atoms with E-state index in [4.69, 9.17) is 19.2 Å². The maximum Gasteiger partial charge on any atom is 0.243 e. The lowest BCUT2D eigenvalue weighted by Crippen LogP contribution is -2.54. The summed E-state index contributed by atoms with van der Waals surface area (Å²) in [4.78, 5) is 37.2. The van der Waals surface area contributed by atoms with Gasteiger partial charge in [-0.3, -0.25) is 14.5 Å². The number of hydrogen-bond donors (Lipinski definition) is 1. The van der Waals surface area contributed by atoms with Gasteiger partial charge in [-0.15, -0.1) is 0 Å². The van der Waals surface area contributed by atoms with E-state index in [1.54, 1.807) is 7.11 Å². The molecular weight excluding hydrogens is 628 g/mol. The minimum atomic E-state index is -0.559. The Morgan fingerprint density at radius 1 is 0.920 bits per heavy atom. The van der Waals surface area contributed by atoms with Gasteiger partial charge in [0.1, 0.15) is 23.7 Å². The van der Waals surface area contributed by atoms with Gasteiger partial charge in [0.05, 0.1) is 31.1 Å². The molecule has 0 unspecified atom stereocenters. The van der Waals surface area contributed by atoms with E-state index in [1.165, 1.54) is 6.42 Å². The third-order valence-electron chi connectivity index (χ3n) is 9.87. The fraction of sp³-hybridized carbons (Fsp3) is 0.537. The molecule has 50 heavy (non-hydrogen) atoms. The number of piperidine rings is 1. The van der Waals surface area contributed by atoms with E-state index in [-0.39, 0.29) is 25.4 Å². The van der Waals surface area contributed by atoms with Crippen molar-refractivity contribution in [2.24, 2.45) is 4.99 Å². The summed E-state index contributed by atoms with van der Waals surface area (Å²) in [6.07, 6.45) is 15.4.